The van der Waals surface area contributed by atoms with Gasteiger partial charge in [-0.1, -0.05) is 117 Å². The summed E-state index contributed by atoms with van der Waals surface area (Å²) in [6, 6.07) is 52.1. The molecule has 0 atom stereocenters. The predicted octanol–water partition coefficient (Wildman–Crippen LogP) is 13.2. The molecule has 0 N–H and O–H groups in total. The summed E-state index contributed by atoms with van der Waals surface area (Å²) in [4.78, 5) is 2.37. The Morgan fingerprint density at radius 1 is 0.490 bits per heavy atom. The number of hydrogen-bond acceptors (Lipinski definition) is 3. The lowest BCUT2D eigenvalue weighted by atomic mass is 9.82. The van der Waals surface area contributed by atoms with Crippen LogP contribution in [0, 0.1) is 6.92 Å². The van der Waals surface area contributed by atoms with Gasteiger partial charge < -0.3 is 13.7 Å². The normalized spacial score (nSPS) is 13.4. The Morgan fingerprint density at radius 2 is 1.16 bits per heavy atom. The summed E-state index contributed by atoms with van der Waals surface area (Å²) in [6.45, 7) is 6.84. The first-order valence-corrected chi connectivity index (χ1v) is 16.9. The Labute approximate surface area is 284 Å². The number of anilines is 3. The van der Waals surface area contributed by atoms with Crippen molar-refractivity contribution in [2.24, 2.45) is 0 Å². The Bertz CT molecular complexity index is 2750. The first-order chi connectivity index (χ1) is 24.0. The highest BCUT2D eigenvalue weighted by atomic mass is 16.3. The summed E-state index contributed by atoms with van der Waals surface area (Å²) in [5.41, 5.74) is 15.2. The zero-order chi connectivity index (χ0) is 32.9. The molecule has 7 aromatic carbocycles. The van der Waals surface area contributed by atoms with Gasteiger partial charge >= 0.3 is 0 Å². The first kappa shape index (κ1) is 28.0. The third kappa shape index (κ3) is 4.02. The van der Waals surface area contributed by atoms with Crippen molar-refractivity contribution in [1.29, 1.82) is 0 Å². The number of hydrogen-bond donors (Lipinski definition) is 0. The Kier molecular flexibility index (Phi) is 5.84. The highest BCUT2D eigenvalue weighted by molar-refractivity contribution is 6.26. The maximum Gasteiger partial charge on any atom is 0.163 e. The molecule has 0 fully saturated rings. The van der Waals surface area contributed by atoms with E-state index >= 15 is 0 Å². The SMILES string of the molecule is Cc1cccc2oc3c(cc(N(c4ccc(-c5ccccc5)cc4)c4ccc5c(c4)C(C)(C)c4ccccc4-5)c4oc5ccccc5c43)c12. The maximum atomic E-state index is 6.82. The van der Waals surface area contributed by atoms with Crippen molar-refractivity contribution in [1.82, 2.24) is 0 Å². The molecule has 0 spiro atoms. The number of furan rings is 2. The highest BCUT2D eigenvalue weighted by Crippen LogP contribution is 2.52. The van der Waals surface area contributed by atoms with Crippen LogP contribution >= 0.6 is 0 Å². The molecule has 3 heteroatoms. The van der Waals surface area contributed by atoms with Crippen LogP contribution in [0.25, 0.3) is 66.1 Å². The van der Waals surface area contributed by atoms with Crippen molar-refractivity contribution in [3.63, 3.8) is 0 Å². The predicted molar refractivity (Wildman–Crippen MR) is 203 cm³/mol. The fraction of sp³-hybridized carbons (Fsp3) is 0.0870. The summed E-state index contributed by atoms with van der Waals surface area (Å²) in [5, 5.41) is 4.27. The zero-order valence-corrected chi connectivity index (χ0v) is 27.6. The maximum absolute atomic E-state index is 6.82. The van der Waals surface area contributed by atoms with Gasteiger partial charge in [-0.05, 0) is 88.3 Å². The lowest BCUT2D eigenvalue weighted by Gasteiger charge is -2.28. The van der Waals surface area contributed by atoms with Gasteiger partial charge in [-0.15, -0.1) is 0 Å². The molecular formula is C46H33NO2. The lowest BCUT2D eigenvalue weighted by Crippen LogP contribution is -2.16. The van der Waals surface area contributed by atoms with Crippen molar-refractivity contribution >= 4 is 60.9 Å². The summed E-state index contributed by atoms with van der Waals surface area (Å²) >= 11 is 0. The second-order valence-corrected chi connectivity index (χ2v) is 13.8. The van der Waals surface area contributed by atoms with E-state index in [4.69, 9.17) is 8.83 Å². The van der Waals surface area contributed by atoms with Gasteiger partial charge in [0.05, 0.1) is 11.1 Å². The number of rotatable bonds is 4. The van der Waals surface area contributed by atoms with Gasteiger partial charge in [-0.2, -0.15) is 0 Å². The van der Waals surface area contributed by atoms with Crippen molar-refractivity contribution in [3.05, 3.63) is 162 Å². The minimum absolute atomic E-state index is 0.138. The van der Waals surface area contributed by atoms with Crippen molar-refractivity contribution in [3.8, 4) is 22.3 Å². The van der Waals surface area contributed by atoms with Crippen LogP contribution in [0.3, 0.4) is 0 Å². The number of para-hydroxylation sites is 1. The third-order valence-corrected chi connectivity index (χ3v) is 10.6. The summed E-state index contributed by atoms with van der Waals surface area (Å²) in [7, 11) is 0. The van der Waals surface area contributed by atoms with Crippen molar-refractivity contribution in [2.75, 3.05) is 4.90 Å². The molecule has 0 amide bonds. The van der Waals surface area contributed by atoms with E-state index in [-0.39, 0.29) is 5.41 Å². The first-order valence-electron chi connectivity index (χ1n) is 16.9. The van der Waals surface area contributed by atoms with E-state index in [1.165, 1.54) is 38.9 Å². The van der Waals surface area contributed by atoms with Crippen molar-refractivity contribution in [2.45, 2.75) is 26.2 Å². The topological polar surface area (TPSA) is 29.5 Å². The fourth-order valence-corrected chi connectivity index (χ4v) is 8.18. The van der Waals surface area contributed by atoms with Gasteiger partial charge in [0.25, 0.3) is 0 Å². The Hall–Kier alpha value is -6.06. The van der Waals surface area contributed by atoms with E-state index in [0.717, 1.165) is 60.9 Å². The monoisotopic (exact) mass is 631 g/mol. The van der Waals surface area contributed by atoms with Crippen molar-refractivity contribution < 1.29 is 8.83 Å². The van der Waals surface area contributed by atoms with E-state index in [1.54, 1.807) is 0 Å². The van der Waals surface area contributed by atoms with E-state index in [2.05, 4.69) is 159 Å². The molecular weight excluding hydrogens is 599 g/mol. The highest BCUT2D eigenvalue weighted by Gasteiger charge is 2.36. The molecule has 0 bridgehead atoms. The molecule has 10 rings (SSSR count). The number of fused-ring (bicyclic) bond motifs is 10. The largest absolute Gasteiger partial charge is 0.455 e. The Balaban J connectivity index is 1.29. The van der Waals surface area contributed by atoms with Crippen LogP contribution in [0.2, 0.25) is 0 Å². The molecule has 0 radical (unpaired) electrons. The van der Waals surface area contributed by atoms with Gasteiger partial charge in [0, 0.05) is 32.9 Å². The minimum Gasteiger partial charge on any atom is -0.455 e. The van der Waals surface area contributed by atoms with Crippen LogP contribution in [-0.2, 0) is 5.41 Å². The average Bonchev–Trinajstić information content (AvgIpc) is 3.78. The molecule has 2 aromatic heterocycles. The van der Waals surface area contributed by atoms with E-state index in [0.29, 0.717) is 0 Å². The summed E-state index contributed by atoms with van der Waals surface area (Å²) < 4.78 is 13.5. The number of nitrogens with zero attached hydrogens (tertiary/aromatic N) is 1. The van der Waals surface area contributed by atoms with Crippen LogP contribution in [0.15, 0.2) is 154 Å². The summed E-state index contributed by atoms with van der Waals surface area (Å²) in [6.07, 6.45) is 0. The molecule has 9 aromatic rings. The minimum atomic E-state index is -0.138. The van der Waals surface area contributed by atoms with Crippen LogP contribution in [0.4, 0.5) is 17.1 Å². The second-order valence-electron chi connectivity index (χ2n) is 13.8. The van der Waals surface area contributed by atoms with Crippen LogP contribution in [0.1, 0.15) is 30.5 Å². The molecule has 0 saturated carbocycles. The summed E-state index contributed by atoms with van der Waals surface area (Å²) in [5.74, 6) is 0. The third-order valence-electron chi connectivity index (χ3n) is 10.6. The molecule has 0 aliphatic heterocycles. The molecule has 0 saturated heterocycles. The van der Waals surface area contributed by atoms with Crippen LogP contribution in [-0.4, -0.2) is 0 Å². The standard InChI is InChI=1S/C46H33NO2/c1-28-12-11-19-41-42(28)36-27-39(45-43(44(36)49-41)35-16-8-10-18-40(35)48-45)47(31-22-20-30(21-23-31)29-13-5-4-6-14-29)32-24-25-34-33-15-7-9-17-37(33)46(2,3)38(34)26-32/h4-27H,1-3H3. The molecule has 234 valence electrons. The number of aryl methyl sites for hydroxylation is 1. The van der Waals surface area contributed by atoms with Gasteiger partial charge in [-0.25, -0.2) is 0 Å². The van der Waals surface area contributed by atoms with Gasteiger partial charge in [-0.3, -0.25) is 0 Å². The quantitative estimate of drug-likeness (QED) is 0.194. The Morgan fingerprint density at radius 3 is 2.02 bits per heavy atom. The van der Waals surface area contributed by atoms with Gasteiger partial charge in [0.15, 0.2) is 5.58 Å². The molecule has 49 heavy (non-hydrogen) atoms. The molecule has 1 aliphatic carbocycles. The molecule has 1 aliphatic rings. The smallest absolute Gasteiger partial charge is 0.163 e. The fourth-order valence-electron chi connectivity index (χ4n) is 8.18. The average molecular weight is 632 g/mol. The van der Waals surface area contributed by atoms with Crippen LogP contribution in [0.5, 0.6) is 0 Å². The molecule has 0 unspecified atom stereocenters. The van der Waals surface area contributed by atoms with E-state index in [1.807, 2.05) is 12.1 Å². The van der Waals surface area contributed by atoms with Gasteiger partial charge in [0.2, 0.25) is 0 Å². The number of benzene rings is 7. The lowest BCUT2D eigenvalue weighted by molar-refractivity contribution is 0.660. The van der Waals surface area contributed by atoms with Gasteiger partial charge in [0.1, 0.15) is 16.7 Å². The van der Waals surface area contributed by atoms with E-state index < -0.39 is 0 Å². The zero-order valence-electron chi connectivity index (χ0n) is 27.6. The molecule has 3 nitrogen and oxygen atoms in total. The second kappa shape index (κ2) is 10.2. The van der Waals surface area contributed by atoms with Crippen LogP contribution < -0.4 is 4.90 Å². The molecule has 2 heterocycles. The van der Waals surface area contributed by atoms with E-state index in [9.17, 15) is 0 Å².